The Morgan fingerprint density at radius 2 is 1.94 bits per heavy atom. The summed E-state index contributed by atoms with van der Waals surface area (Å²) < 4.78 is 7.45. The largest absolute Gasteiger partial charge is 0.494 e. The molecule has 0 saturated carbocycles. The van der Waals surface area contributed by atoms with Crippen molar-refractivity contribution in [1.29, 1.82) is 0 Å². The quantitative estimate of drug-likeness (QED) is 0.244. The van der Waals surface area contributed by atoms with E-state index in [2.05, 4.69) is 27.1 Å². The van der Waals surface area contributed by atoms with E-state index in [9.17, 15) is 4.79 Å². The molecule has 2 heterocycles. The van der Waals surface area contributed by atoms with Crippen LogP contribution in [0, 0.1) is 0 Å². The Balaban J connectivity index is 1.41. The average Bonchev–Trinajstić information content (AvgIpc) is 3.47. The summed E-state index contributed by atoms with van der Waals surface area (Å²) in [6.07, 6.45) is 1.78. The van der Waals surface area contributed by atoms with Crippen molar-refractivity contribution in [2.75, 3.05) is 17.7 Å². The molecule has 4 rings (SSSR count). The van der Waals surface area contributed by atoms with Gasteiger partial charge in [-0.05, 0) is 31.2 Å². The second-order valence-electron chi connectivity index (χ2n) is 6.90. The van der Waals surface area contributed by atoms with Crippen LogP contribution in [-0.4, -0.2) is 38.0 Å². The molecule has 0 unspecified atom stereocenters. The van der Waals surface area contributed by atoms with E-state index >= 15 is 0 Å². The number of allylic oxidation sites excluding steroid dienone is 1. The number of rotatable bonds is 10. The van der Waals surface area contributed by atoms with Crippen LogP contribution in [0.4, 0.5) is 5.13 Å². The number of anilines is 1. The molecule has 1 N–H and O–H groups in total. The van der Waals surface area contributed by atoms with Crippen LogP contribution in [-0.2, 0) is 11.3 Å². The third-order valence-electron chi connectivity index (χ3n) is 4.60. The minimum atomic E-state index is -0.148. The number of nitrogens with one attached hydrogen (secondary N) is 1. The second-order valence-corrected chi connectivity index (χ2v) is 8.70. The first-order valence-electron chi connectivity index (χ1n) is 10.4. The fourth-order valence-electron chi connectivity index (χ4n) is 3.13. The summed E-state index contributed by atoms with van der Waals surface area (Å²) in [5.41, 5.74) is 2.78. The van der Waals surface area contributed by atoms with Crippen LogP contribution in [0.1, 0.15) is 6.92 Å². The van der Waals surface area contributed by atoms with Gasteiger partial charge in [0.1, 0.15) is 5.75 Å². The van der Waals surface area contributed by atoms with Gasteiger partial charge in [-0.25, -0.2) is 4.98 Å². The van der Waals surface area contributed by atoms with Crippen molar-refractivity contribution in [1.82, 2.24) is 19.7 Å². The number of thiazole rings is 1. The number of carbonyl (C=O) groups is 1. The lowest BCUT2D eigenvalue weighted by atomic mass is 10.2. The fourth-order valence-corrected chi connectivity index (χ4v) is 4.61. The molecule has 0 aliphatic heterocycles. The van der Waals surface area contributed by atoms with Crippen LogP contribution in [0.15, 0.2) is 77.8 Å². The highest BCUT2D eigenvalue weighted by atomic mass is 32.2. The number of ether oxygens (including phenoxy) is 1. The molecule has 33 heavy (non-hydrogen) atoms. The summed E-state index contributed by atoms with van der Waals surface area (Å²) >= 11 is 2.73. The normalized spacial score (nSPS) is 10.7. The standard InChI is InChI=1S/C24H23N5O2S2/c1-3-14-29-22(18-10-12-19(13-11-18)31-4-2)27-28-24(29)33-16-21(30)26-23-25-20(15-32-23)17-8-6-5-7-9-17/h3,5-13,15H,1,4,14,16H2,2H3,(H,25,26,30). The van der Waals surface area contributed by atoms with E-state index in [4.69, 9.17) is 4.74 Å². The highest BCUT2D eigenvalue weighted by molar-refractivity contribution is 7.99. The van der Waals surface area contributed by atoms with E-state index < -0.39 is 0 Å². The van der Waals surface area contributed by atoms with Gasteiger partial charge in [0, 0.05) is 23.1 Å². The van der Waals surface area contributed by atoms with Crippen LogP contribution >= 0.6 is 23.1 Å². The molecule has 1 amide bonds. The lowest BCUT2D eigenvalue weighted by Crippen LogP contribution is -2.14. The van der Waals surface area contributed by atoms with Gasteiger partial charge in [-0.2, -0.15) is 0 Å². The van der Waals surface area contributed by atoms with Gasteiger partial charge in [-0.15, -0.1) is 28.1 Å². The number of thioether (sulfide) groups is 1. The summed E-state index contributed by atoms with van der Waals surface area (Å²) in [6, 6.07) is 17.6. The first kappa shape index (κ1) is 22.8. The molecule has 168 valence electrons. The molecular formula is C24H23N5O2S2. The zero-order valence-electron chi connectivity index (χ0n) is 18.1. The molecule has 0 atom stereocenters. The maximum atomic E-state index is 12.5. The average molecular weight is 478 g/mol. The van der Waals surface area contributed by atoms with Crippen LogP contribution in [0.25, 0.3) is 22.6 Å². The summed E-state index contributed by atoms with van der Waals surface area (Å²) in [6.45, 7) is 6.93. The van der Waals surface area contributed by atoms with Gasteiger partial charge < -0.3 is 10.1 Å². The molecule has 7 nitrogen and oxygen atoms in total. The van der Waals surface area contributed by atoms with E-state index in [0.717, 1.165) is 22.6 Å². The molecule has 0 fully saturated rings. The number of hydrogen-bond acceptors (Lipinski definition) is 7. The SMILES string of the molecule is C=CCn1c(SCC(=O)Nc2nc(-c3ccccc3)cs2)nnc1-c1ccc(OCC)cc1. The number of hydrogen-bond donors (Lipinski definition) is 1. The van der Waals surface area contributed by atoms with E-state index in [1.807, 2.05) is 71.5 Å². The van der Waals surface area contributed by atoms with Crippen molar-refractivity contribution in [3.05, 3.63) is 72.6 Å². The smallest absolute Gasteiger partial charge is 0.236 e. The maximum absolute atomic E-state index is 12.5. The predicted octanol–water partition coefficient (Wildman–Crippen LogP) is 5.38. The molecule has 2 aromatic carbocycles. The number of benzene rings is 2. The number of amides is 1. The van der Waals surface area contributed by atoms with Crippen molar-refractivity contribution in [3.63, 3.8) is 0 Å². The second kappa shape index (κ2) is 10.9. The summed E-state index contributed by atoms with van der Waals surface area (Å²) in [4.78, 5) is 17.0. The zero-order chi connectivity index (χ0) is 23.0. The monoisotopic (exact) mass is 477 g/mol. The maximum Gasteiger partial charge on any atom is 0.236 e. The van der Waals surface area contributed by atoms with Gasteiger partial charge in [-0.3, -0.25) is 9.36 Å². The molecule has 0 bridgehead atoms. The molecule has 0 spiro atoms. The number of aromatic nitrogens is 4. The van der Waals surface area contributed by atoms with Gasteiger partial charge in [0.25, 0.3) is 0 Å². The van der Waals surface area contributed by atoms with Gasteiger partial charge in [0.2, 0.25) is 5.91 Å². The Morgan fingerprint density at radius 1 is 1.15 bits per heavy atom. The first-order chi connectivity index (χ1) is 16.2. The molecule has 0 radical (unpaired) electrons. The van der Waals surface area contributed by atoms with E-state index in [-0.39, 0.29) is 11.7 Å². The summed E-state index contributed by atoms with van der Waals surface area (Å²) in [7, 11) is 0. The third kappa shape index (κ3) is 5.68. The fraction of sp³-hybridized carbons (Fsp3) is 0.167. The van der Waals surface area contributed by atoms with Crippen LogP contribution in [0.2, 0.25) is 0 Å². The Bertz CT molecular complexity index is 1220. The predicted molar refractivity (Wildman–Crippen MR) is 134 cm³/mol. The van der Waals surface area contributed by atoms with E-state index in [1.165, 1.54) is 23.1 Å². The topological polar surface area (TPSA) is 81.9 Å². The van der Waals surface area contributed by atoms with Gasteiger partial charge in [0.15, 0.2) is 16.1 Å². The Labute approximate surface area is 200 Å². The highest BCUT2D eigenvalue weighted by Gasteiger charge is 2.16. The lowest BCUT2D eigenvalue weighted by Gasteiger charge is -2.08. The molecule has 9 heteroatoms. The third-order valence-corrected chi connectivity index (χ3v) is 6.33. The van der Waals surface area contributed by atoms with Crippen LogP contribution in [0.5, 0.6) is 5.75 Å². The van der Waals surface area contributed by atoms with E-state index in [1.54, 1.807) is 6.08 Å². The number of carbonyl (C=O) groups excluding carboxylic acids is 1. The summed E-state index contributed by atoms with van der Waals surface area (Å²) in [5.74, 6) is 1.57. The Morgan fingerprint density at radius 3 is 2.67 bits per heavy atom. The molecule has 0 saturated heterocycles. The van der Waals surface area contributed by atoms with Crippen molar-refractivity contribution < 1.29 is 9.53 Å². The van der Waals surface area contributed by atoms with Crippen molar-refractivity contribution in [2.24, 2.45) is 0 Å². The molecular weight excluding hydrogens is 454 g/mol. The van der Waals surface area contributed by atoms with Gasteiger partial charge in [-0.1, -0.05) is 48.2 Å². The Hall–Kier alpha value is -3.43. The van der Waals surface area contributed by atoms with Crippen LogP contribution < -0.4 is 10.1 Å². The minimum Gasteiger partial charge on any atom is -0.494 e. The lowest BCUT2D eigenvalue weighted by molar-refractivity contribution is -0.113. The van der Waals surface area contributed by atoms with Crippen LogP contribution in [0.3, 0.4) is 0 Å². The van der Waals surface area contributed by atoms with Crippen molar-refractivity contribution in [2.45, 2.75) is 18.6 Å². The first-order valence-corrected chi connectivity index (χ1v) is 12.3. The summed E-state index contributed by atoms with van der Waals surface area (Å²) in [5, 5.41) is 14.7. The van der Waals surface area contributed by atoms with Gasteiger partial charge in [0.05, 0.1) is 18.1 Å². The van der Waals surface area contributed by atoms with Crippen molar-refractivity contribution in [3.8, 4) is 28.4 Å². The number of nitrogens with zero attached hydrogens (tertiary/aromatic N) is 4. The van der Waals surface area contributed by atoms with Gasteiger partial charge >= 0.3 is 0 Å². The Kier molecular flexibility index (Phi) is 7.54. The molecule has 0 aliphatic rings. The zero-order valence-corrected chi connectivity index (χ0v) is 19.7. The van der Waals surface area contributed by atoms with E-state index in [0.29, 0.717) is 29.3 Å². The van der Waals surface area contributed by atoms with Crippen molar-refractivity contribution >= 4 is 34.1 Å². The molecule has 0 aliphatic carbocycles. The molecule has 2 aromatic heterocycles. The highest BCUT2D eigenvalue weighted by Crippen LogP contribution is 2.27. The minimum absolute atomic E-state index is 0.148. The molecule has 4 aromatic rings.